The third kappa shape index (κ3) is 2.85. The number of hydrogen-bond donors (Lipinski definition) is 0. The molecule has 2 aliphatic heterocycles. The normalized spacial score (nSPS) is 26.7. The molecule has 2 amide bonds. The molecule has 24 heavy (non-hydrogen) atoms. The first-order chi connectivity index (χ1) is 11.4. The number of nitrogens with zero attached hydrogens (tertiary/aromatic N) is 4. The van der Waals surface area contributed by atoms with Crippen molar-refractivity contribution >= 4 is 17.6 Å². The van der Waals surface area contributed by atoms with Gasteiger partial charge >= 0.3 is 0 Å². The maximum Gasteiger partial charge on any atom is 0.230 e. The van der Waals surface area contributed by atoms with Crippen LogP contribution in [0.5, 0.6) is 0 Å². The summed E-state index contributed by atoms with van der Waals surface area (Å²) in [6, 6.07) is 5.86. The van der Waals surface area contributed by atoms with Crippen LogP contribution in [-0.2, 0) is 9.59 Å². The van der Waals surface area contributed by atoms with Crippen LogP contribution >= 0.6 is 0 Å². The number of carbonyl (C=O) groups is 2. The van der Waals surface area contributed by atoms with Crippen molar-refractivity contribution in [2.45, 2.75) is 19.8 Å². The van der Waals surface area contributed by atoms with E-state index >= 15 is 0 Å². The van der Waals surface area contributed by atoms with Gasteiger partial charge in [0.1, 0.15) is 5.82 Å². The van der Waals surface area contributed by atoms with Gasteiger partial charge in [0.25, 0.3) is 0 Å². The first-order valence-corrected chi connectivity index (χ1v) is 8.57. The minimum absolute atomic E-state index is 0.0967. The molecule has 3 rings (SSSR count). The molecule has 2 saturated heterocycles. The van der Waals surface area contributed by atoms with Crippen LogP contribution in [0.1, 0.15) is 19.8 Å². The number of anilines is 1. The highest BCUT2D eigenvalue weighted by Crippen LogP contribution is 2.44. The molecule has 2 atom stereocenters. The van der Waals surface area contributed by atoms with Crippen LogP contribution < -0.4 is 4.90 Å². The molecule has 6 nitrogen and oxygen atoms in total. The molecule has 0 aliphatic carbocycles. The molecule has 130 valence electrons. The SMILES string of the molecule is CC(=O)N1CCC[C@]2(C(=O)N(C)C)CN(c3ccccn3)C[C@@H]2C1. The van der Waals surface area contributed by atoms with Crippen LogP contribution in [0.3, 0.4) is 0 Å². The molecule has 6 heteroatoms. The van der Waals surface area contributed by atoms with Gasteiger partial charge in [0.2, 0.25) is 11.8 Å². The second-order valence-electron chi connectivity index (χ2n) is 7.19. The van der Waals surface area contributed by atoms with Crippen LogP contribution in [0.4, 0.5) is 5.82 Å². The van der Waals surface area contributed by atoms with E-state index in [1.54, 1.807) is 18.0 Å². The molecule has 2 aliphatic rings. The Kier molecular flexibility index (Phi) is 4.47. The Balaban J connectivity index is 1.94. The van der Waals surface area contributed by atoms with E-state index in [0.717, 1.165) is 31.7 Å². The van der Waals surface area contributed by atoms with Crippen molar-refractivity contribution in [2.75, 3.05) is 45.2 Å². The lowest BCUT2D eigenvalue weighted by Gasteiger charge is -2.34. The number of fused-ring (bicyclic) bond motifs is 1. The highest BCUT2D eigenvalue weighted by Gasteiger charge is 2.54. The quantitative estimate of drug-likeness (QED) is 0.818. The average molecular weight is 330 g/mol. The van der Waals surface area contributed by atoms with Crippen LogP contribution in [0.25, 0.3) is 0 Å². The van der Waals surface area contributed by atoms with Gasteiger partial charge in [-0.2, -0.15) is 0 Å². The molecular formula is C18H26N4O2. The lowest BCUT2D eigenvalue weighted by molar-refractivity contribution is -0.141. The minimum atomic E-state index is -0.425. The Hall–Kier alpha value is -2.11. The second-order valence-corrected chi connectivity index (χ2v) is 7.19. The average Bonchev–Trinajstić information content (AvgIpc) is 2.83. The molecule has 0 N–H and O–H groups in total. The maximum atomic E-state index is 13.1. The first kappa shape index (κ1) is 16.7. The van der Waals surface area contributed by atoms with Crippen molar-refractivity contribution in [1.29, 1.82) is 0 Å². The van der Waals surface area contributed by atoms with Gasteiger partial charge in [0, 0.05) is 59.3 Å². The van der Waals surface area contributed by atoms with Gasteiger partial charge in [0.05, 0.1) is 5.41 Å². The van der Waals surface area contributed by atoms with E-state index in [1.165, 1.54) is 0 Å². The molecule has 0 unspecified atom stereocenters. The zero-order valence-electron chi connectivity index (χ0n) is 14.7. The monoisotopic (exact) mass is 330 g/mol. The van der Waals surface area contributed by atoms with Crippen LogP contribution in [0.15, 0.2) is 24.4 Å². The molecule has 0 aromatic carbocycles. The van der Waals surface area contributed by atoms with E-state index in [2.05, 4.69) is 9.88 Å². The topological polar surface area (TPSA) is 56.8 Å². The highest BCUT2D eigenvalue weighted by molar-refractivity contribution is 5.84. The van der Waals surface area contributed by atoms with E-state index < -0.39 is 5.41 Å². The Morgan fingerprint density at radius 3 is 2.71 bits per heavy atom. The van der Waals surface area contributed by atoms with E-state index in [0.29, 0.717) is 13.1 Å². The van der Waals surface area contributed by atoms with Crippen LogP contribution in [-0.4, -0.2) is 66.9 Å². The van der Waals surface area contributed by atoms with Gasteiger partial charge in [-0.15, -0.1) is 0 Å². The van der Waals surface area contributed by atoms with Crippen LogP contribution in [0.2, 0.25) is 0 Å². The maximum absolute atomic E-state index is 13.1. The summed E-state index contributed by atoms with van der Waals surface area (Å²) in [5, 5.41) is 0. The predicted molar refractivity (Wildman–Crippen MR) is 92.6 cm³/mol. The number of amides is 2. The number of rotatable bonds is 2. The fourth-order valence-corrected chi connectivity index (χ4v) is 4.23. The smallest absolute Gasteiger partial charge is 0.230 e. The Morgan fingerprint density at radius 1 is 1.29 bits per heavy atom. The Morgan fingerprint density at radius 2 is 2.08 bits per heavy atom. The van der Waals surface area contributed by atoms with Crippen molar-refractivity contribution < 1.29 is 9.59 Å². The molecule has 1 aromatic rings. The number of aromatic nitrogens is 1. The van der Waals surface area contributed by atoms with E-state index in [-0.39, 0.29) is 17.7 Å². The molecular weight excluding hydrogens is 304 g/mol. The van der Waals surface area contributed by atoms with Gasteiger partial charge in [-0.25, -0.2) is 4.98 Å². The van der Waals surface area contributed by atoms with Gasteiger partial charge in [-0.05, 0) is 25.0 Å². The molecule has 2 fully saturated rings. The summed E-state index contributed by atoms with van der Waals surface area (Å²) in [6.45, 7) is 4.46. The lowest BCUT2D eigenvalue weighted by Crippen LogP contribution is -2.47. The number of pyridine rings is 1. The summed E-state index contributed by atoms with van der Waals surface area (Å²) in [5.41, 5.74) is -0.425. The standard InChI is InChI=1S/C18H26N4O2/c1-14(23)21-10-6-8-18(17(24)20(2)3)13-22(12-15(18)11-21)16-7-4-5-9-19-16/h4-5,7,9,15H,6,8,10-13H2,1-3H3/t15-,18-/m0/s1. The second kappa shape index (κ2) is 6.42. The zero-order chi connectivity index (χ0) is 17.3. The van der Waals surface area contributed by atoms with E-state index in [1.807, 2.05) is 37.2 Å². The molecule has 0 spiro atoms. The number of hydrogen-bond acceptors (Lipinski definition) is 4. The summed E-state index contributed by atoms with van der Waals surface area (Å²) in [6.07, 6.45) is 3.47. The van der Waals surface area contributed by atoms with Crippen molar-refractivity contribution in [2.24, 2.45) is 11.3 Å². The first-order valence-electron chi connectivity index (χ1n) is 8.57. The summed E-state index contributed by atoms with van der Waals surface area (Å²) in [4.78, 5) is 35.3. The highest BCUT2D eigenvalue weighted by atomic mass is 16.2. The van der Waals surface area contributed by atoms with Crippen molar-refractivity contribution in [3.8, 4) is 0 Å². The fourth-order valence-electron chi connectivity index (χ4n) is 4.23. The third-order valence-electron chi connectivity index (χ3n) is 5.44. The molecule has 1 aromatic heterocycles. The van der Waals surface area contributed by atoms with Gasteiger partial charge in [-0.1, -0.05) is 6.07 Å². The van der Waals surface area contributed by atoms with E-state index in [4.69, 9.17) is 0 Å². The Bertz CT molecular complexity index is 619. The number of carbonyl (C=O) groups excluding carboxylic acids is 2. The van der Waals surface area contributed by atoms with Crippen molar-refractivity contribution in [3.63, 3.8) is 0 Å². The summed E-state index contributed by atoms with van der Waals surface area (Å²) in [7, 11) is 3.65. The fraction of sp³-hybridized carbons (Fsp3) is 0.611. The molecule has 3 heterocycles. The molecule has 0 radical (unpaired) electrons. The minimum Gasteiger partial charge on any atom is -0.355 e. The van der Waals surface area contributed by atoms with Crippen molar-refractivity contribution in [3.05, 3.63) is 24.4 Å². The largest absolute Gasteiger partial charge is 0.355 e. The van der Waals surface area contributed by atoms with E-state index in [9.17, 15) is 9.59 Å². The summed E-state index contributed by atoms with van der Waals surface area (Å²) in [5.74, 6) is 1.32. The molecule has 0 saturated carbocycles. The Labute approximate surface area is 143 Å². The summed E-state index contributed by atoms with van der Waals surface area (Å²) >= 11 is 0. The lowest BCUT2D eigenvalue weighted by atomic mass is 9.74. The predicted octanol–water partition coefficient (Wildman–Crippen LogP) is 1.23. The van der Waals surface area contributed by atoms with Gasteiger partial charge in [-0.3, -0.25) is 9.59 Å². The van der Waals surface area contributed by atoms with Crippen LogP contribution in [0, 0.1) is 11.3 Å². The van der Waals surface area contributed by atoms with Gasteiger partial charge in [0.15, 0.2) is 0 Å². The van der Waals surface area contributed by atoms with Gasteiger partial charge < -0.3 is 14.7 Å². The van der Waals surface area contributed by atoms with Crippen molar-refractivity contribution in [1.82, 2.24) is 14.8 Å². The summed E-state index contributed by atoms with van der Waals surface area (Å²) < 4.78 is 0. The third-order valence-corrected chi connectivity index (χ3v) is 5.44. The zero-order valence-corrected chi connectivity index (χ0v) is 14.7. The molecule has 0 bridgehead atoms. The number of likely N-dealkylation sites (tertiary alicyclic amines) is 1.